The van der Waals surface area contributed by atoms with Gasteiger partial charge in [-0.25, -0.2) is 0 Å². The van der Waals surface area contributed by atoms with Crippen LogP contribution < -0.4 is 5.32 Å². The molecule has 0 amide bonds. The fourth-order valence-electron chi connectivity index (χ4n) is 3.92. The molecule has 0 aliphatic carbocycles. The Hall–Kier alpha value is -3.32. The van der Waals surface area contributed by atoms with Crippen LogP contribution in [0.25, 0.3) is 11.3 Å². The van der Waals surface area contributed by atoms with Crippen molar-refractivity contribution in [2.75, 3.05) is 0 Å². The Labute approximate surface area is 169 Å². The Bertz CT molecular complexity index is 1070. The first-order chi connectivity index (χ1) is 14.4. The lowest BCUT2D eigenvalue weighted by molar-refractivity contribution is 0.374. The Morgan fingerprint density at radius 1 is 1.07 bits per heavy atom. The number of aryl methyl sites for hydroxylation is 1. The number of pyridine rings is 1. The highest BCUT2D eigenvalue weighted by Gasteiger charge is 2.23. The van der Waals surface area contributed by atoms with Gasteiger partial charge in [0.2, 0.25) is 0 Å². The summed E-state index contributed by atoms with van der Waals surface area (Å²) >= 11 is 0. The summed E-state index contributed by atoms with van der Waals surface area (Å²) in [6.07, 6.45) is 8.35. The van der Waals surface area contributed by atoms with Gasteiger partial charge in [-0.3, -0.25) is 10.1 Å². The molecule has 1 atom stereocenters. The lowest BCUT2D eigenvalue weighted by atomic mass is 10.1. The summed E-state index contributed by atoms with van der Waals surface area (Å²) in [7, 11) is 0. The zero-order chi connectivity index (χ0) is 19.5. The summed E-state index contributed by atoms with van der Waals surface area (Å²) in [5.74, 6) is 2.13. The third-order valence-electron chi connectivity index (χ3n) is 5.48. The molecule has 1 aliphatic heterocycles. The minimum absolute atomic E-state index is 0.379. The first-order valence-electron chi connectivity index (χ1n) is 9.98. The average Bonchev–Trinajstić information content (AvgIpc) is 3.41. The number of rotatable bonds is 6. The maximum atomic E-state index is 4.45. The molecule has 0 fully saturated rings. The van der Waals surface area contributed by atoms with E-state index in [9.17, 15) is 0 Å². The van der Waals surface area contributed by atoms with Gasteiger partial charge in [-0.05, 0) is 24.1 Å². The van der Waals surface area contributed by atoms with Crippen LogP contribution in [0.15, 0.2) is 61.1 Å². The molecule has 0 saturated carbocycles. The van der Waals surface area contributed by atoms with Gasteiger partial charge in [0.15, 0.2) is 0 Å². The predicted octanol–water partition coefficient (Wildman–Crippen LogP) is 2.76. The van der Waals surface area contributed by atoms with Crippen molar-refractivity contribution >= 4 is 0 Å². The van der Waals surface area contributed by atoms with Crippen molar-refractivity contribution in [2.45, 2.75) is 38.4 Å². The summed E-state index contributed by atoms with van der Waals surface area (Å²) in [5.41, 5.74) is 4.49. The van der Waals surface area contributed by atoms with Crippen LogP contribution in [-0.4, -0.2) is 36.0 Å². The van der Waals surface area contributed by atoms with Gasteiger partial charge in [0.25, 0.3) is 0 Å². The number of H-pyrrole nitrogens is 1. The summed E-state index contributed by atoms with van der Waals surface area (Å²) in [5, 5.41) is 19.9. The minimum Gasteiger partial charge on any atom is -0.313 e. The van der Waals surface area contributed by atoms with Gasteiger partial charge in [0, 0.05) is 55.5 Å². The molecule has 2 N–H and O–H groups in total. The number of fused-ring (bicyclic) bond motifs is 1. The first-order valence-corrected chi connectivity index (χ1v) is 9.98. The van der Waals surface area contributed by atoms with Crippen LogP contribution in [0.3, 0.4) is 0 Å². The molecule has 0 bridgehead atoms. The molecule has 5 rings (SSSR count). The molecule has 0 saturated heterocycles. The molecule has 0 radical (unpaired) electrons. The SMILES string of the molecule is c1ccc(Cc2nnc3n2C[C@@H](NCc2cn[nH]c2-c2cccnc2)CC3)cc1. The topological polar surface area (TPSA) is 84.3 Å². The van der Waals surface area contributed by atoms with E-state index in [1.54, 1.807) is 6.20 Å². The van der Waals surface area contributed by atoms with Crippen molar-refractivity contribution < 1.29 is 0 Å². The maximum absolute atomic E-state index is 4.45. The van der Waals surface area contributed by atoms with Crippen LogP contribution in [0, 0.1) is 0 Å². The number of aromatic nitrogens is 6. The van der Waals surface area contributed by atoms with Gasteiger partial charge >= 0.3 is 0 Å². The van der Waals surface area contributed by atoms with Crippen LogP contribution in [0.1, 0.15) is 29.2 Å². The van der Waals surface area contributed by atoms with Crippen LogP contribution in [-0.2, 0) is 25.9 Å². The van der Waals surface area contributed by atoms with E-state index in [1.165, 1.54) is 5.56 Å². The van der Waals surface area contributed by atoms with E-state index in [1.807, 2.05) is 30.6 Å². The molecule has 0 spiro atoms. The van der Waals surface area contributed by atoms with Gasteiger partial charge in [0.05, 0.1) is 11.9 Å². The number of nitrogens with one attached hydrogen (secondary N) is 2. The highest BCUT2D eigenvalue weighted by Crippen LogP contribution is 2.21. The van der Waals surface area contributed by atoms with E-state index < -0.39 is 0 Å². The molecular formula is C22H23N7. The third kappa shape index (κ3) is 3.82. The second kappa shape index (κ2) is 7.97. The van der Waals surface area contributed by atoms with E-state index in [0.717, 1.165) is 60.8 Å². The summed E-state index contributed by atoms with van der Waals surface area (Å²) in [4.78, 5) is 4.21. The molecule has 7 nitrogen and oxygen atoms in total. The second-order valence-electron chi connectivity index (χ2n) is 7.43. The first kappa shape index (κ1) is 17.8. The molecule has 7 heteroatoms. The molecular weight excluding hydrogens is 362 g/mol. The summed E-state index contributed by atoms with van der Waals surface area (Å²) in [6, 6.07) is 14.8. The van der Waals surface area contributed by atoms with Gasteiger partial charge < -0.3 is 9.88 Å². The van der Waals surface area contributed by atoms with Crippen molar-refractivity contribution in [1.29, 1.82) is 0 Å². The van der Waals surface area contributed by atoms with Crippen molar-refractivity contribution in [2.24, 2.45) is 0 Å². The summed E-state index contributed by atoms with van der Waals surface area (Å²) in [6.45, 7) is 1.65. The van der Waals surface area contributed by atoms with Gasteiger partial charge in [0.1, 0.15) is 11.6 Å². The molecule has 4 aromatic rings. The number of aromatic amines is 1. The zero-order valence-electron chi connectivity index (χ0n) is 16.1. The normalized spacial score (nSPS) is 15.9. The molecule has 4 heterocycles. The van der Waals surface area contributed by atoms with E-state index in [0.29, 0.717) is 6.04 Å². The third-order valence-corrected chi connectivity index (χ3v) is 5.48. The molecule has 0 unspecified atom stereocenters. The fraction of sp³-hybridized carbons (Fsp3) is 0.273. The standard InChI is InChI=1S/C22H23N7/c1-2-5-16(6-3-1)11-21-27-26-20-9-8-19(15-29(20)21)24-13-18-14-25-28-22(18)17-7-4-10-23-12-17/h1-7,10,12,14,19,24H,8-9,11,13,15H2,(H,25,28)/t19-/m0/s1. The van der Waals surface area contributed by atoms with Crippen molar-refractivity contribution in [3.05, 3.63) is 83.8 Å². The Morgan fingerprint density at radius 2 is 2.00 bits per heavy atom. The summed E-state index contributed by atoms with van der Waals surface area (Å²) < 4.78 is 2.28. The number of nitrogens with zero attached hydrogens (tertiary/aromatic N) is 5. The van der Waals surface area contributed by atoms with E-state index in [2.05, 4.69) is 59.5 Å². The average molecular weight is 385 g/mol. The van der Waals surface area contributed by atoms with Crippen molar-refractivity contribution in [3.63, 3.8) is 0 Å². The quantitative estimate of drug-likeness (QED) is 0.533. The van der Waals surface area contributed by atoms with E-state index in [4.69, 9.17) is 0 Å². The number of hydrogen-bond acceptors (Lipinski definition) is 5. The lowest BCUT2D eigenvalue weighted by Crippen LogP contribution is -2.37. The fourth-order valence-corrected chi connectivity index (χ4v) is 3.92. The van der Waals surface area contributed by atoms with Gasteiger partial charge in [-0.15, -0.1) is 10.2 Å². The molecule has 146 valence electrons. The van der Waals surface area contributed by atoms with Crippen LogP contribution in [0.2, 0.25) is 0 Å². The highest BCUT2D eigenvalue weighted by molar-refractivity contribution is 5.61. The largest absolute Gasteiger partial charge is 0.313 e. The zero-order valence-corrected chi connectivity index (χ0v) is 16.1. The Morgan fingerprint density at radius 3 is 2.86 bits per heavy atom. The predicted molar refractivity (Wildman–Crippen MR) is 110 cm³/mol. The van der Waals surface area contributed by atoms with E-state index >= 15 is 0 Å². The van der Waals surface area contributed by atoms with Crippen molar-refractivity contribution in [1.82, 2.24) is 35.3 Å². The second-order valence-corrected chi connectivity index (χ2v) is 7.43. The Kier molecular flexibility index (Phi) is 4.88. The lowest BCUT2D eigenvalue weighted by Gasteiger charge is -2.25. The molecule has 29 heavy (non-hydrogen) atoms. The van der Waals surface area contributed by atoms with Gasteiger partial charge in [-0.2, -0.15) is 5.10 Å². The number of benzene rings is 1. The van der Waals surface area contributed by atoms with Crippen molar-refractivity contribution in [3.8, 4) is 11.3 Å². The highest BCUT2D eigenvalue weighted by atomic mass is 15.3. The maximum Gasteiger partial charge on any atom is 0.137 e. The molecule has 3 aromatic heterocycles. The minimum atomic E-state index is 0.379. The van der Waals surface area contributed by atoms with Crippen LogP contribution in [0.4, 0.5) is 0 Å². The van der Waals surface area contributed by atoms with Gasteiger partial charge in [-0.1, -0.05) is 30.3 Å². The Balaban J connectivity index is 1.27. The monoisotopic (exact) mass is 385 g/mol. The smallest absolute Gasteiger partial charge is 0.137 e. The van der Waals surface area contributed by atoms with E-state index in [-0.39, 0.29) is 0 Å². The van der Waals surface area contributed by atoms with Crippen LogP contribution in [0.5, 0.6) is 0 Å². The molecule has 1 aromatic carbocycles. The number of hydrogen-bond donors (Lipinski definition) is 2. The molecule has 1 aliphatic rings. The van der Waals surface area contributed by atoms with Crippen LogP contribution >= 0.6 is 0 Å².